The Kier molecular flexibility index (Phi) is 8.25. The molecule has 0 saturated carbocycles. The quantitative estimate of drug-likeness (QED) is 0.284. The molecule has 1 aliphatic rings. The Bertz CT molecular complexity index is 1460. The van der Waals surface area contributed by atoms with Crippen molar-refractivity contribution in [1.29, 1.82) is 0 Å². The van der Waals surface area contributed by atoms with Gasteiger partial charge in [0.2, 0.25) is 0 Å². The normalized spacial score (nSPS) is 15.9. The van der Waals surface area contributed by atoms with E-state index in [1.807, 2.05) is 48.5 Å². The number of hydrogen-bond donors (Lipinski definition) is 0. The third-order valence-corrected chi connectivity index (χ3v) is 9.94. The first-order valence-corrected chi connectivity index (χ1v) is 14.5. The van der Waals surface area contributed by atoms with E-state index in [-0.39, 0.29) is 0 Å². The molecule has 1 atom stereocenters. The molecule has 2 aromatic carbocycles. The fraction of sp³-hybridized carbons (Fsp3) is 0.250. The van der Waals surface area contributed by atoms with Gasteiger partial charge in [0.1, 0.15) is 10.3 Å². The highest BCUT2D eigenvalue weighted by Crippen LogP contribution is 2.32. The second kappa shape index (κ2) is 11.8. The van der Waals surface area contributed by atoms with E-state index >= 15 is 0 Å². The standard InChI is InChI=1S/C28H27F2N3O3S2/c29-23-10-9-22(20-24(23)30)28(21-6-2-1-3-7-21)36-19-18-32-14-16-33(17-15-32)38(34,35)27-12-11-26(37-27)25-8-4-5-13-31-25/h1-13,20,28H,14-19H2/t28-/m1/s1. The van der Waals surface area contributed by atoms with Crippen LogP contribution in [0, 0.1) is 11.6 Å². The van der Waals surface area contributed by atoms with Crippen LogP contribution in [0.1, 0.15) is 17.2 Å². The Morgan fingerprint density at radius 2 is 1.63 bits per heavy atom. The second-order valence-corrected chi connectivity index (χ2v) is 12.2. The van der Waals surface area contributed by atoms with Crippen molar-refractivity contribution in [2.24, 2.45) is 0 Å². The number of nitrogens with zero attached hydrogens (tertiary/aromatic N) is 3. The fourth-order valence-electron chi connectivity index (χ4n) is 4.41. The van der Waals surface area contributed by atoms with E-state index in [1.165, 1.54) is 27.8 Å². The lowest BCUT2D eigenvalue weighted by molar-refractivity contribution is 0.0525. The van der Waals surface area contributed by atoms with E-state index < -0.39 is 27.8 Å². The molecule has 0 N–H and O–H groups in total. The SMILES string of the molecule is O=S(=O)(c1ccc(-c2ccccn2)s1)N1CCN(CCO[C@H](c2ccccc2)c2ccc(F)c(F)c2)CC1. The van der Waals surface area contributed by atoms with Crippen molar-refractivity contribution >= 4 is 21.4 Å². The molecular weight excluding hydrogens is 528 g/mol. The lowest BCUT2D eigenvalue weighted by Gasteiger charge is -2.33. The van der Waals surface area contributed by atoms with Gasteiger partial charge in [-0.15, -0.1) is 11.3 Å². The van der Waals surface area contributed by atoms with Gasteiger partial charge in [-0.05, 0) is 47.5 Å². The number of sulfonamides is 1. The first-order valence-electron chi connectivity index (χ1n) is 12.3. The molecule has 1 fully saturated rings. The number of halogens is 2. The Hall–Kier alpha value is -3.02. The Morgan fingerprint density at radius 1 is 0.868 bits per heavy atom. The lowest BCUT2D eigenvalue weighted by atomic mass is 10.0. The van der Waals surface area contributed by atoms with Crippen molar-refractivity contribution in [1.82, 2.24) is 14.2 Å². The average Bonchev–Trinajstić information content (AvgIpc) is 3.46. The predicted octanol–water partition coefficient (Wildman–Crippen LogP) is 5.20. The van der Waals surface area contributed by atoms with Gasteiger partial charge in [-0.3, -0.25) is 9.88 Å². The van der Waals surface area contributed by atoms with Gasteiger partial charge in [0.05, 0.1) is 17.2 Å². The summed E-state index contributed by atoms with van der Waals surface area (Å²) in [7, 11) is -3.59. The average molecular weight is 556 g/mol. The van der Waals surface area contributed by atoms with Crippen LogP contribution in [0.3, 0.4) is 0 Å². The summed E-state index contributed by atoms with van der Waals surface area (Å²) < 4.78 is 61.8. The molecule has 198 valence electrons. The molecule has 0 spiro atoms. The van der Waals surface area contributed by atoms with Crippen molar-refractivity contribution < 1.29 is 21.9 Å². The third-order valence-electron chi connectivity index (χ3n) is 6.46. The Balaban J connectivity index is 1.18. The molecule has 3 heterocycles. The van der Waals surface area contributed by atoms with Crippen LogP contribution in [0.25, 0.3) is 10.6 Å². The van der Waals surface area contributed by atoms with Gasteiger partial charge in [-0.2, -0.15) is 4.31 Å². The molecule has 4 aromatic rings. The summed E-state index contributed by atoms with van der Waals surface area (Å²) in [5.74, 6) is -1.81. The van der Waals surface area contributed by atoms with Gasteiger partial charge in [-0.25, -0.2) is 17.2 Å². The van der Waals surface area contributed by atoms with E-state index in [4.69, 9.17) is 4.74 Å². The van der Waals surface area contributed by atoms with E-state index in [0.717, 1.165) is 22.2 Å². The van der Waals surface area contributed by atoms with Crippen LogP contribution in [0.5, 0.6) is 0 Å². The van der Waals surface area contributed by atoms with Crippen molar-refractivity contribution in [2.45, 2.75) is 10.3 Å². The lowest BCUT2D eigenvalue weighted by Crippen LogP contribution is -2.49. The van der Waals surface area contributed by atoms with Gasteiger partial charge >= 0.3 is 0 Å². The summed E-state index contributed by atoms with van der Waals surface area (Å²) in [6, 6.07) is 22.2. The molecule has 0 radical (unpaired) electrons. The third kappa shape index (κ3) is 6.00. The monoisotopic (exact) mass is 555 g/mol. The Morgan fingerprint density at radius 3 is 2.34 bits per heavy atom. The number of piperazine rings is 1. The molecule has 0 unspecified atom stereocenters. The fourth-order valence-corrected chi connectivity index (χ4v) is 7.27. The topological polar surface area (TPSA) is 62.7 Å². The maximum atomic E-state index is 13.9. The molecule has 6 nitrogen and oxygen atoms in total. The molecule has 38 heavy (non-hydrogen) atoms. The molecule has 0 bridgehead atoms. The van der Waals surface area contributed by atoms with Crippen LogP contribution in [0.15, 0.2) is 89.3 Å². The Labute approximate surface area is 225 Å². The largest absolute Gasteiger partial charge is 0.367 e. The molecule has 1 aliphatic heterocycles. The molecule has 10 heteroatoms. The smallest absolute Gasteiger partial charge is 0.252 e. The number of pyridine rings is 1. The molecule has 0 amide bonds. The van der Waals surface area contributed by atoms with Gasteiger partial charge in [0, 0.05) is 38.9 Å². The van der Waals surface area contributed by atoms with E-state index in [2.05, 4.69) is 9.88 Å². The first-order chi connectivity index (χ1) is 18.4. The van der Waals surface area contributed by atoms with Gasteiger partial charge in [0.15, 0.2) is 11.6 Å². The van der Waals surface area contributed by atoms with Crippen molar-refractivity contribution in [3.8, 4) is 10.6 Å². The van der Waals surface area contributed by atoms with Crippen LogP contribution < -0.4 is 0 Å². The highest BCUT2D eigenvalue weighted by molar-refractivity contribution is 7.91. The van der Waals surface area contributed by atoms with Gasteiger partial charge in [0.25, 0.3) is 10.0 Å². The zero-order valence-corrected chi connectivity index (χ0v) is 22.2. The van der Waals surface area contributed by atoms with Gasteiger partial charge in [-0.1, -0.05) is 42.5 Å². The van der Waals surface area contributed by atoms with Crippen molar-refractivity contribution in [2.75, 3.05) is 39.3 Å². The van der Waals surface area contributed by atoms with E-state index in [0.29, 0.717) is 49.1 Å². The van der Waals surface area contributed by atoms with Crippen molar-refractivity contribution in [3.05, 3.63) is 108 Å². The summed E-state index contributed by atoms with van der Waals surface area (Å²) in [4.78, 5) is 7.26. The second-order valence-electron chi connectivity index (χ2n) is 8.91. The zero-order valence-electron chi connectivity index (χ0n) is 20.5. The minimum absolute atomic E-state index is 0.312. The number of thiophene rings is 1. The number of benzene rings is 2. The zero-order chi connectivity index (χ0) is 26.5. The maximum Gasteiger partial charge on any atom is 0.252 e. The minimum Gasteiger partial charge on any atom is -0.367 e. The number of hydrogen-bond acceptors (Lipinski definition) is 6. The van der Waals surface area contributed by atoms with Crippen molar-refractivity contribution in [3.63, 3.8) is 0 Å². The highest BCUT2D eigenvalue weighted by atomic mass is 32.2. The van der Waals surface area contributed by atoms with E-state index in [9.17, 15) is 17.2 Å². The predicted molar refractivity (Wildman–Crippen MR) is 143 cm³/mol. The summed E-state index contributed by atoms with van der Waals surface area (Å²) in [5, 5.41) is 0. The molecular formula is C28H27F2N3O3S2. The van der Waals surface area contributed by atoms with Crippen LogP contribution in [0.2, 0.25) is 0 Å². The van der Waals surface area contributed by atoms with Crippen LogP contribution in [0.4, 0.5) is 8.78 Å². The number of ether oxygens (including phenoxy) is 1. The van der Waals surface area contributed by atoms with Gasteiger partial charge < -0.3 is 4.74 Å². The molecule has 1 saturated heterocycles. The van der Waals surface area contributed by atoms with Crippen LogP contribution in [-0.2, 0) is 14.8 Å². The first kappa shape index (κ1) is 26.6. The van der Waals surface area contributed by atoms with E-state index in [1.54, 1.807) is 18.3 Å². The summed E-state index contributed by atoms with van der Waals surface area (Å²) >= 11 is 1.23. The summed E-state index contributed by atoms with van der Waals surface area (Å²) in [6.07, 6.45) is 1.15. The molecule has 0 aliphatic carbocycles. The number of aromatic nitrogens is 1. The summed E-state index contributed by atoms with van der Waals surface area (Å²) in [5.41, 5.74) is 2.13. The maximum absolute atomic E-state index is 13.9. The molecule has 5 rings (SSSR count). The number of rotatable bonds is 9. The van der Waals surface area contributed by atoms with Crippen LogP contribution >= 0.6 is 11.3 Å². The molecule has 2 aromatic heterocycles. The van der Waals surface area contributed by atoms with Crippen LogP contribution in [-0.4, -0.2) is 61.9 Å². The minimum atomic E-state index is -3.59. The summed E-state index contributed by atoms with van der Waals surface area (Å²) in [6.45, 7) is 2.84. The highest BCUT2D eigenvalue weighted by Gasteiger charge is 2.30.